The average Bonchev–Trinajstić information content (AvgIpc) is 2.63. The van der Waals surface area contributed by atoms with E-state index in [0.29, 0.717) is 6.61 Å². The average molecular weight is 428 g/mol. The number of halogens is 1. The van der Waals surface area contributed by atoms with Gasteiger partial charge in [-0.2, -0.15) is 0 Å². The SMILES string of the molecule is C[C@@H](NCCOc1cc(Br)cc(C(C)(C)O)c1)c1cccc2ccccc12. The van der Waals surface area contributed by atoms with Gasteiger partial charge < -0.3 is 15.2 Å². The van der Waals surface area contributed by atoms with E-state index in [-0.39, 0.29) is 6.04 Å². The summed E-state index contributed by atoms with van der Waals surface area (Å²) in [6, 6.07) is 20.8. The van der Waals surface area contributed by atoms with Crippen molar-refractivity contribution in [2.24, 2.45) is 0 Å². The van der Waals surface area contributed by atoms with Crippen molar-refractivity contribution in [1.29, 1.82) is 0 Å². The number of fused-ring (bicyclic) bond motifs is 1. The van der Waals surface area contributed by atoms with Crippen LogP contribution in [0.1, 0.15) is 37.9 Å². The zero-order valence-corrected chi connectivity index (χ0v) is 17.6. The Kier molecular flexibility index (Phi) is 6.20. The number of benzene rings is 3. The van der Waals surface area contributed by atoms with Gasteiger partial charge in [-0.1, -0.05) is 58.4 Å². The van der Waals surface area contributed by atoms with E-state index in [4.69, 9.17) is 4.74 Å². The highest BCUT2D eigenvalue weighted by atomic mass is 79.9. The molecule has 0 aliphatic heterocycles. The Morgan fingerprint density at radius 3 is 2.59 bits per heavy atom. The van der Waals surface area contributed by atoms with Crippen LogP contribution in [0.3, 0.4) is 0 Å². The van der Waals surface area contributed by atoms with Crippen LogP contribution in [0.5, 0.6) is 5.75 Å². The summed E-state index contributed by atoms with van der Waals surface area (Å²) >= 11 is 3.48. The maximum Gasteiger partial charge on any atom is 0.120 e. The zero-order chi connectivity index (χ0) is 19.4. The largest absolute Gasteiger partial charge is 0.492 e. The van der Waals surface area contributed by atoms with Crippen LogP contribution >= 0.6 is 15.9 Å². The molecule has 0 heterocycles. The highest BCUT2D eigenvalue weighted by molar-refractivity contribution is 9.10. The third kappa shape index (κ3) is 5.10. The molecule has 3 aromatic rings. The van der Waals surface area contributed by atoms with Crippen LogP contribution in [-0.4, -0.2) is 18.3 Å². The van der Waals surface area contributed by atoms with Crippen molar-refractivity contribution in [3.8, 4) is 5.75 Å². The lowest BCUT2D eigenvalue weighted by Crippen LogP contribution is -2.24. The first-order valence-corrected chi connectivity index (χ1v) is 10.0. The van der Waals surface area contributed by atoms with Crippen molar-refractivity contribution in [1.82, 2.24) is 5.32 Å². The van der Waals surface area contributed by atoms with Crippen molar-refractivity contribution < 1.29 is 9.84 Å². The number of hydrogen-bond donors (Lipinski definition) is 2. The molecule has 142 valence electrons. The lowest BCUT2D eigenvalue weighted by atomic mass is 9.98. The van der Waals surface area contributed by atoms with Gasteiger partial charge in [0.05, 0.1) is 5.60 Å². The van der Waals surface area contributed by atoms with Gasteiger partial charge in [0.2, 0.25) is 0 Å². The Morgan fingerprint density at radius 1 is 1.07 bits per heavy atom. The third-order valence-electron chi connectivity index (χ3n) is 4.69. The fourth-order valence-corrected chi connectivity index (χ4v) is 3.65. The summed E-state index contributed by atoms with van der Waals surface area (Å²) in [5, 5.41) is 16.3. The summed E-state index contributed by atoms with van der Waals surface area (Å²) in [4.78, 5) is 0. The van der Waals surface area contributed by atoms with Crippen LogP contribution in [0.2, 0.25) is 0 Å². The summed E-state index contributed by atoms with van der Waals surface area (Å²) < 4.78 is 6.79. The molecule has 0 aromatic heterocycles. The molecular formula is C23H26BrNO2. The number of ether oxygens (including phenoxy) is 1. The molecule has 27 heavy (non-hydrogen) atoms. The number of rotatable bonds is 7. The molecule has 3 rings (SSSR count). The van der Waals surface area contributed by atoms with Crippen molar-refractivity contribution in [3.63, 3.8) is 0 Å². The van der Waals surface area contributed by atoms with Gasteiger partial charge in [0.15, 0.2) is 0 Å². The van der Waals surface area contributed by atoms with E-state index in [1.165, 1.54) is 16.3 Å². The van der Waals surface area contributed by atoms with Gasteiger partial charge in [0.25, 0.3) is 0 Å². The Balaban J connectivity index is 1.60. The quantitative estimate of drug-likeness (QED) is 0.484. The van der Waals surface area contributed by atoms with Gasteiger partial charge in [0, 0.05) is 17.1 Å². The minimum absolute atomic E-state index is 0.231. The van der Waals surface area contributed by atoms with E-state index in [2.05, 4.69) is 70.6 Å². The Morgan fingerprint density at radius 2 is 1.81 bits per heavy atom. The molecule has 2 N–H and O–H groups in total. The normalized spacial score (nSPS) is 12.9. The van der Waals surface area contributed by atoms with Crippen molar-refractivity contribution in [2.45, 2.75) is 32.4 Å². The predicted octanol–water partition coefficient (Wildman–Crippen LogP) is 5.56. The third-order valence-corrected chi connectivity index (χ3v) is 5.15. The molecule has 0 aliphatic rings. The summed E-state index contributed by atoms with van der Waals surface area (Å²) in [5.41, 5.74) is 1.21. The lowest BCUT2D eigenvalue weighted by Gasteiger charge is -2.20. The highest BCUT2D eigenvalue weighted by Crippen LogP contribution is 2.28. The summed E-state index contributed by atoms with van der Waals surface area (Å²) in [5.74, 6) is 0.751. The predicted molar refractivity (Wildman–Crippen MR) is 115 cm³/mol. The smallest absolute Gasteiger partial charge is 0.120 e. The van der Waals surface area contributed by atoms with E-state index >= 15 is 0 Å². The van der Waals surface area contributed by atoms with Gasteiger partial charge in [-0.3, -0.25) is 0 Å². The van der Waals surface area contributed by atoms with E-state index in [0.717, 1.165) is 22.3 Å². The first-order chi connectivity index (χ1) is 12.8. The molecular weight excluding hydrogens is 402 g/mol. The van der Waals surface area contributed by atoms with Crippen molar-refractivity contribution in [3.05, 3.63) is 76.3 Å². The zero-order valence-electron chi connectivity index (χ0n) is 16.0. The molecule has 3 nitrogen and oxygen atoms in total. The van der Waals surface area contributed by atoms with Gasteiger partial charge in [-0.25, -0.2) is 0 Å². The van der Waals surface area contributed by atoms with Crippen molar-refractivity contribution >= 4 is 26.7 Å². The minimum atomic E-state index is -0.900. The second-order valence-corrected chi connectivity index (χ2v) is 8.24. The second-order valence-electron chi connectivity index (χ2n) is 7.33. The van der Waals surface area contributed by atoms with E-state index < -0.39 is 5.60 Å². The molecule has 0 radical (unpaired) electrons. The minimum Gasteiger partial charge on any atom is -0.492 e. The van der Waals surface area contributed by atoms with Crippen LogP contribution in [0.25, 0.3) is 10.8 Å². The fourth-order valence-electron chi connectivity index (χ4n) is 3.18. The van der Waals surface area contributed by atoms with Gasteiger partial charge in [0.1, 0.15) is 12.4 Å². The maximum atomic E-state index is 10.2. The molecule has 0 saturated carbocycles. The van der Waals surface area contributed by atoms with Gasteiger partial charge >= 0.3 is 0 Å². The Labute approximate surface area is 169 Å². The lowest BCUT2D eigenvalue weighted by molar-refractivity contribution is 0.0782. The maximum absolute atomic E-state index is 10.2. The number of nitrogens with one attached hydrogen (secondary N) is 1. The summed E-state index contributed by atoms with van der Waals surface area (Å²) in [6.45, 7) is 7.00. The van der Waals surface area contributed by atoms with Crippen LogP contribution in [0, 0.1) is 0 Å². The molecule has 0 aliphatic carbocycles. The monoisotopic (exact) mass is 427 g/mol. The highest BCUT2D eigenvalue weighted by Gasteiger charge is 2.17. The first kappa shape index (κ1) is 19.9. The van der Waals surface area contributed by atoms with Crippen LogP contribution in [-0.2, 0) is 5.60 Å². The number of aliphatic hydroxyl groups is 1. The van der Waals surface area contributed by atoms with Crippen LogP contribution in [0.4, 0.5) is 0 Å². The standard InChI is InChI=1S/C23H26BrNO2/c1-16(21-10-6-8-17-7-4-5-9-22(17)21)25-11-12-27-20-14-18(23(2,3)26)13-19(24)15-20/h4-10,13-16,25-26H,11-12H2,1-3H3/t16-/m1/s1. The van der Waals surface area contributed by atoms with E-state index in [1.807, 2.05) is 18.2 Å². The molecule has 0 fully saturated rings. The van der Waals surface area contributed by atoms with E-state index in [1.54, 1.807) is 13.8 Å². The van der Waals surface area contributed by atoms with Crippen LogP contribution in [0.15, 0.2) is 65.1 Å². The second kappa shape index (κ2) is 8.42. The van der Waals surface area contributed by atoms with Crippen LogP contribution < -0.4 is 10.1 Å². The molecule has 0 amide bonds. The van der Waals surface area contributed by atoms with Crippen molar-refractivity contribution in [2.75, 3.05) is 13.2 Å². The molecule has 3 aromatic carbocycles. The molecule has 4 heteroatoms. The molecule has 0 saturated heterocycles. The molecule has 0 spiro atoms. The van der Waals surface area contributed by atoms with Gasteiger partial charge in [-0.15, -0.1) is 0 Å². The summed E-state index contributed by atoms with van der Waals surface area (Å²) in [7, 11) is 0. The van der Waals surface area contributed by atoms with E-state index in [9.17, 15) is 5.11 Å². The first-order valence-electron chi connectivity index (χ1n) is 9.22. The molecule has 0 bridgehead atoms. The summed E-state index contributed by atoms with van der Waals surface area (Å²) in [6.07, 6.45) is 0. The molecule has 1 atom stereocenters. The topological polar surface area (TPSA) is 41.5 Å². The fraction of sp³-hybridized carbons (Fsp3) is 0.304. The molecule has 0 unspecified atom stereocenters. The number of hydrogen-bond acceptors (Lipinski definition) is 3. The Hall–Kier alpha value is -1.88. The van der Waals surface area contributed by atoms with Gasteiger partial charge in [-0.05, 0) is 60.9 Å². The Bertz CT molecular complexity index is 912.